The van der Waals surface area contributed by atoms with E-state index < -0.39 is 6.10 Å². The number of rotatable bonds is 8. The van der Waals surface area contributed by atoms with E-state index in [0.717, 1.165) is 44.2 Å². The van der Waals surface area contributed by atoms with Gasteiger partial charge in [0.15, 0.2) is 0 Å². The van der Waals surface area contributed by atoms with Gasteiger partial charge in [-0.2, -0.15) is 0 Å². The minimum absolute atomic E-state index is 0. The molecule has 0 saturated carbocycles. The Hall–Kier alpha value is -1.50. The summed E-state index contributed by atoms with van der Waals surface area (Å²) in [5.74, 6) is 1.55. The Labute approximate surface area is 180 Å². The van der Waals surface area contributed by atoms with Crippen molar-refractivity contribution in [3.63, 3.8) is 0 Å². The molecule has 2 aromatic rings. The molecule has 1 heterocycles. The average molecular weight is 429 g/mol. The first-order valence-electron chi connectivity index (χ1n) is 9.16. The van der Waals surface area contributed by atoms with Crippen molar-refractivity contribution in [3.8, 4) is 11.5 Å². The molecule has 156 valence electrons. The number of piperazine rings is 1. The molecule has 7 heteroatoms. The van der Waals surface area contributed by atoms with Crippen molar-refractivity contribution in [1.29, 1.82) is 0 Å². The summed E-state index contributed by atoms with van der Waals surface area (Å²) in [6.07, 6.45) is -0.488. The molecule has 0 spiro atoms. The summed E-state index contributed by atoms with van der Waals surface area (Å²) in [6.45, 7) is 5.96. The molecule has 0 radical (unpaired) electrons. The minimum Gasteiger partial charge on any atom is -0.497 e. The minimum atomic E-state index is -0.488. The van der Waals surface area contributed by atoms with Gasteiger partial charge in [-0.3, -0.25) is 9.80 Å². The quantitative estimate of drug-likeness (QED) is 0.699. The molecule has 28 heavy (non-hydrogen) atoms. The van der Waals surface area contributed by atoms with Crippen LogP contribution in [0.2, 0.25) is 0 Å². The van der Waals surface area contributed by atoms with Crippen LogP contribution in [0.1, 0.15) is 5.56 Å². The zero-order chi connectivity index (χ0) is 18.2. The van der Waals surface area contributed by atoms with Gasteiger partial charge in [0.1, 0.15) is 24.2 Å². The van der Waals surface area contributed by atoms with Gasteiger partial charge in [0.2, 0.25) is 0 Å². The number of methoxy groups -OCH3 is 1. The van der Waals surface area contributed by atoms with Gasteiger partial charge in [-0.1, -0.05) is 30.3 Å². The summed E-state index contributed by atoms with van der Waals surface area (Å²) in [5, 5.41) is 10.3. The molecule has 1 N–H and O–H groups in total. The van der Waals surface area contributed by atoms with Crippen LogP contribution in [0.25, 0.3) is 0 Å². The normalized spacial score (nSPS) is 15.8. The maximum Gasteiger partial charge on any atom is 0.119 e. The van der Waals surface area contributed by atoms with Crippen molar-refractivity contribution in [3.05, 3.63) is 60.2 Å². The van der Waals surface area contributed by atoms with Crippen molar-refractivity contribution < 1.29 is 14.6 Å². The van der Waals surface area contributed by atoms with Gasteiger partial charge < -0.3 is 14.6 Å². The van der Waals surface area contributed by atoms with Crippen LogP contribution in [-0.4, -0.2) is 67.5 Å². The maximum absolute atomic E-state index is 10.3. The number of β-amino-alcohol motifs (C(OH)–C–C–N with tert-alkyl or cyclic N) is 1. The Balaban J connectivity index is 0.00000196. The van der Waals surface area contributed by atoms with E-state index in [2.05, 4.69) is 40.1 Å². The second-order valence-electron chi connectivity index (χ2n) is 6.70. The molecule has 5 nitrogen and oxygen atoms in total. The largest absolute Gasteiger partial charge is 0.497 e. The van der Waals surface area contributed by atoms with E-state index in [9.17, 15) is 5.11 Å². The van der Waals surface area contributed by atoms with Gasteiger partial charge in [-0.05, 0) is 29.8 Å². The van der Waals surface area contributed by atoms with E-state index in [1.54, 1.807) is 7.11 Å². The zero-order valence-electron chi connectivity index (χ0n) is 16.2. The molecular formula is C21H30Cl2N2O3. The number of ether oxygens (including phenoxy) is 2. The Morgan fingerprint density at radius 3 is 2.04 bits per heavy atom. The van der Waals surface area contributed by atoms with Gasteiger partial charge in [0.25, 0.3) is 0 Å². The lowest BCUT2D eigenvalue weighted by molar-refractivity contribution is 0.0446. The molecule has 0 amide bonds. The second kappa shape index (κ2) is 12.9. The van der Waals surface area contributed by atoms with Crippen molar-refractivity contribution in [2.45, 2.75) is 12.6 Å². The highest BCUT2D eigenvalue weighted by atomic mass is 35.5. The lowest BCUT2D eigenvalue weighted by Crippen LogP contribution is -2.48. The Morgan fingerprint density at radius 2 is 1.43 bits per heavy atom. The Bertz CT molecular complexity index is 650. The van der Waals surface area contributed by atoms with Crippen LogP contribution in [0.4, 0.5) is 0 Å². The van der Waals surface area contributed by atoms with Crippen LogP contribution in [0.3, 0.4) is 0 Å². The van der Waals surface area contributed by atoms with Crippen LogP contribution in [-0.2, 0) is 6.54 Å². The summed E-state index contributed by atoms with van der Waals surface area (Å²) >= 11 is 0. The zero-order valence-corrected chi connectivity index (χ0v) is 17.8. The van der Waals surface area contributed by atoms with Gasteiger partial charge in [-0.15, -0.1) is 24.8 Å². The molecule has 0 bridgehead atoms. The summed E-state index contributed by atoms with van der Waals surface area (Å²) in [5.41, 5.74) is 1.36. The number of nitrogens with zero attached hydrogens (tertiary/aromatic N) is 2. The number of hydrogen-bond acceptors (Lipinski definition) is 5. The fourth-order valence-corrected chi connectivity index (χ4v) is 3.19. The average Bonchev–Trinajstić information content (AvgIpc) is 2.69. The number of halogens is 2. The maximum atomic E-state index is 10.3. The van der Waals surface area contributed by atoms with Crippen molar-refractivity contribution in [2.24, 2.45) is 0 Å². The fraction of sp³-hybridized carbons (Fsp3) is 0.429. The van der Waals surface area contributed by atoms with E-state index in [1.165, 1.54) is 5.56 Å². The van der Waals surface area contributed by atoms with Gasteiger partial charge >= 0.3 is 0 Å². The molecule has 0 aliphatic carbocycles. The first kappa shape index (κ1) is 24.5. The first-order valence-corrected chi connectivity index (χ1v) is 9.16. The number of hydrogen-bond donors (Lipinski definition) is 1. The van der Waals surface area contributed by atoms with E-state index >= 15 is 0 Å². The third kappa shape index (κ3) is 7.86. The lowest BCUT2D eigenvalue weighted by atomic mass is 10.2. The van der Waals surface area contributed by atoms with Crippen LogP contribution in [0.15, 0.2) is 54.6 Å². The van der Waals surface area contributed by atoms with Crippen LogP contribution in [0.5, 0.6) is 11.5 Å². The van der Waals surface area contributed by atoms with E-state index in [1.807, 2.05) is 24.3 Å². The molecule has 1 aliphatic heterocycles. The Morgan fingerprint density at radius 1 is 0.857 bits per heavy atom. The van der Waals surface area contributed by atoms with Crippen molar-refractivity contribution in [2.75, 3.05) is 46.4 Å². The standard InChI is InChI=1S/C21H28N2O3.2ClH/c1-25-20-7-9-21(10-8-20)26-17-19(24)16-23-13-11-22(12-14-23)15-18-5-3-2-4-6-18;;/h2-10,19,24H,11-17H2,1H3;2*1H. The van der Waals surface area contributed by atoms with E-state index in [0.29, 0.717) is 13.2 Å². The first-order chi connectivity index (χ1) is 12.7. The summed E-state index contributed by atoms with van der Waals surface area (Å²) in [4.78, 5) is 4.77. The van der Waals surface area contributed by atoms with E-state index in [4.69, 9.17) is 9.47 Å². The highest BCUT2D eigenvalue weighted by Gasteiger charge is 2.19. The highest BCUT2D eigenvalue weighted by molar-refractivity contribution is 5.85. The van der Waals surface area contributed by atoms with Crippen LogP contribution < -0.4 is 9.47 Å². The molecule has 1 atom stereocenters. The van der Waals surface area contributed by atoms with Crippen molar-refractivity contribution in [1.82, 2.24) is 9.80 Å². The van der Waals surface area contributed by atoms with E-state index in [-0.39, 0.29) is 24.8 Å². The lowest BCUT2D eigenvalue weighted by Gasteiger charge is -2.35. The third-order valence-corrected chi connectivity index (χ3v) is 4.68. The summed E-state index contributed by atoms with van der Waals surface area (Å²) in [6, 6.07) is 18.0. The molecule has 2 aromatic carbocycles. The molecule has 0 aromatic heterocycles. The predicted octanol–water partition coefficient (Wildman–Crippen LogP) is 3.10. The smallest absolute Gasteiger partial charge is 0.119 e. The molecule has 1 saturated heterocycles. The molecular weight excluding hydrogens is 399 g/mol. The molecule has 3 rings (SSSR count). The second-order valence-corrected chi connectivity index (χ2v) is 6.70. The predicted molar refractivity (Wildman–Crippen MR) is 117 cm³/mol. The SMILES string of the molecule is COc1ccc(OCC(O)CN2CCN(Cc3ccccc3)CC2)cc1.Cl.Cl. The van der Waals surface area contributed by atoms with Crippen LogP contribution in [0, 0.1) is 0 Å². The monoisotopic (exact) mass is 428 g/mol. The molecule has 1 aliphatic rings. The highest BCUT2D eigenvalue weighted by Crippen LogP contribution is 2.17. The number of aliphatic hydroxyl groups is 1. The van der Waals surface area contributed by atoms with Gasteiger partial charge in [-0.25, -0.2) is 0 Å². The third-order valence-electron chi connectivity index (χ3n) is 4.68. The number of benzene rings is 2. The topological polar surface area (TPSA) is 45.2 Å². The summed E-state index contributed by atoms with van der Waals surface area (Å²) < 4.78 is 10.8. The van der Waals surface area contributed by atoms with Gasteiger partial charge in [0.05, 0.1) is 7.11 Å². The van der Waals surface area contributed by atoms with Crippen molar-refractivity contribution >= 4 is 24.8 Å². The molecule has 1 unspecified atom stereocenters. The summed E-state index contributed by atoms with van der Waals surface area (Å²) in [7, 11) is 1.64. The van der Waals surface area contributed by atoms with Gasteiger partial charge in [0, 0.05) is 39.3 Å². The Kier molecular flexibility index (Phi) is 11.3. The molecule has 1 fully saturated rings. The number of aliphatic hydroxyl groups excluding tert-OH is 1. The van der Waals surface area contributed by atoms with Crippen LogP contribution >= 0.6 is 24.8 Å². The fourth-order valence-electron chi connectivity index (χ4n) is 3.19.